The highest BCUT2D eigenvalue weighted by atomic mass is 15.4. The smallest absolute Gasteiger partial charge is 0.223 e. The molecule has 3 aromatic carbocycles. The van der Waals surface area contributed by atoms with Gasteiger partial charge in [-0.15, -0.1) is 0 Å². The number of nitrogens with one attached hydrogen (secondary N) is 3. The van der Waals surface area contributed by atoms with E-state index in [0.717, 1.165) is 49.5 Å². The van der Waals surface area contributed by atoms with E-state index in [1.807, 2.05) is 73.1 Å². The van der Waals surface area contributed by atoms with Crippen molar-refractivity contribution in [3.8, 4) is 0 Å². The van der Waals surface area contributed by atoms with Gasteiger partial charge >= 0.3 is 0 Å². The van der Waals surface area contributed by atoms with Crippen molar-refractivity contribution in [3.63, 3.8) is 0 Å². The summed E-state index contributed by atoms with van der Waals surface area (Å²) in [6.07, 6.45) is 12.2. The van der Waals surface area contributed by atoms with Crippen molar-refractivity contribution >= 4 is 55.4 Å². The average molecular weight is 662 g/mol. The Morgan fingerprint density at radius 2 is 1.55 bits per heavy atom. The predicted molar refractivity (Wildman–Crippen MR) is 198 cm³/mol. The SMILES string of the molecule is c1ccc2nc(N3C(c4ncc[nH]4)=C(c4nccc5ccccc45)C(c4ccn[nH]4)=NC3(c3cnccn3)c3cc4ccccc4[nH]3)ccc2c1. The molecule has 0 radical (unpaired) electrons. The van der Waals surface area contributed by atoms with Gasteiger partial charge < -0.3 is 9.97 Å². The lowest BCUT2D eigenvalue weighted by molar-refractivity contribution is 0.515. The number of hydrogen-bond acceptors (Lipinski definition) is 8. The third-order valence-corrected chi connectivity index (χ3v) is 9.32. The molecule has 0 aliphatic carbocycles. The van der Waals surface area contributed by atoms with E-state index in [0.29, 0.717) is 34.4 Å². The van der Waals surface area contributed by atoms with Crippen molar-refractivity contribution in [2.45, 2.75) is 5.66 Å². The molecule has 0 bridgehead atoms. The molecule has 7 heterocycles. The number of rotatable bonds is 6. The second-order valence-corrected chi connectivity index (χ2v) is 12.2. The van der Waals surface area contributed by atoms with Crippen molar-refractivity contribution < 1.29 is 0 Å². The number of imidazole rings is 1. The quantitative estimate of drug-likeness (QED) is 0.170. The van der Waals surface area contributed by atoms with Gasteiger partial charge in [0.05, 0.1) is 40.1 Å². The van der Waals surface area contributed by atoms with Crippen LogP contribution < -0.4 is 4.90 Å². The Morgan fingerprint density at radius 3 is 2.37 bits per heavy atom. The Kier molecular flexibility index (Phi) is 6.43. The fourth-order valence-electron chi connectivity index (χ4n) is 7.09. The fourth-order valence-corrected chi connectivity index (χ4v) is 7.09. The van der Waals surface area contributed by atoms with E-state index in [9.17, 15) is 0 Å². The first-order chi connectivity index (χ1) is 25.3. The van der Waals surface area contributed by atoms with Gasteiger partial charge in [-0.1, -0.05) is 60.7 Å². The highest BCUT2D eigenvalue weighted by molar-refractivity contribution is 6.39. The summed E-state index contributed by atoms with van der Waals surface area (Å²) >= 11 is 0. The summed E-state index contributed by atoms with van der Waals surface area (Å²) < 4.78 is 0. The summed E-state index contributed by atoms with van der Waals surface area (Å²) in [4.78, 5) is 39.9. The number of para-hydroxylation sites is 2. The summed E-state index contributed by atoms with van der Waals surface area (Å²) in [6.45, 7) is 0. The van der Waals surface area contributed by atoms with E-state index in [2.05, 4.69) is 72.5 Å². The van der Waals surface area contributed by atoms with Crippen LogP contribution in [0.25, 0.3) is 43.8 Å². The van der Waals surface area contributed by atoms with Gasteiger partial charge in [0.1, 0.15) is 17.2 Å². The number of anilines is 1. The van der Waals surface area contributed by atoms with Crippen molar-refractivity contribution in [1.29, 1.82) is 0 Å². The van der Waals surface area contributed by atoms with E-state index in [-0.39, 0.29) is 0 Å². The summed E-state index contributed by atoms with van der Waals surface area (Å²) in [7, 11) is 0. The Morgan fingerprint density at radius 1 is 0.686 bits per heavy atom. The maximum absolute atomic E-state index is 5.81. The van der Waals surface area contributed by atoms with Crippen molar-refractivity contribution in [2.24, 2.45) is 4.99 Å². The first kappa shape index (κ1) is 28.7. The number of pyridine rings is 2. The van der Waals surface area contributed by atoms with Crippen LogP contribution in [0.3, 0.4) is 0 Å². The third kappa shape index (κ3) is 4.48. The fraction of sp³-hybridized carbons (Fsp3) is 0.0250. The lowest BCUT2D eigenvalue weighted by atomic mass is 9.88. The van der Waals surface area contributed by atoms with Crippen molar-refractivity contribution in [2.75, 3.05) is 4.90 Å². The molecule has 0 spiro atoms. The summed E-state index contributed by atoms with van der Waals surface area (Å²) in [6, 6.07) is 34.6. The van der Waals surface area contributed by atoms with E-state index < -0.39 is 5.66 Å². The minimum absolute atomic E-state index is 0.567. The molecule has 1 unspecified atom stereocenters. The van der Waals surface area contributed by atoms with E-state index >= 15 is 0 Å². The number of aromatic amines is 3. The first-order valence-electron chi connectivity index (χ1n) is 16.5. The number of aromatic nitrogens is 9. The Hall–Kier alpha value is -7.27. The standard InChI is InChI=1S/C40H27N11/c1-4-10-28-25(7-1)15-17-43-36(28)35-37(31-16-18-46-50-31)49-40(33-24-41-19-20-42-33,32-23-27-9-3-6-12-30(27)47-32)51(38(35)39-44-21-22-45-39)34-14-13-26-8-2-5-11-29(26)48-34/h1-24,47H,(H,44,45)(H,46,50). The molecule has 3 N–H and O–H groups in total. The molecule has 242 valence electrons. The van der Waals surface area contributed by atoms with Gasteiger partial charge in [-0.25, -0.2) is 15.0 Å². The maximum atomic E-state index is 5.81. The zero-order valence-corrected chi connectivity index (χ0v) is 26.9. The number of benzene rings is 3. The molecule has 1 aliphatic heterocycles. The molecule has 6 aromatic heterocycles. The van der Waals surface area contributed by atoms with Crippen LogP contribution >= 0.6 is 0 Å². The molecule has 11 heteroatoms. The summed E-state index contributed by atoms with van der Waals surface area (Å²) in [5, 5.41) is 11.6. The molecular weight excluding hydrogens is 635 g/mol. The predicted octanol–water partition coefficient (Wildman–Crippen LogP) is 7.28. The van der Waals surface area contributed by atoms with Gasteiger partial charge in [0, 0.05) is 53.5 Å². The Labute approximate surface area is 290 Å². The third-order valence-electron chi connectivity index (χ3n) is 9.32. The Bertz CT molecular complexity index is 2730. The molecule has 0 saturated carbocycles. The summed E-state index contributed by atoms with van der Waals surface area (Å²) in [5.74, 6) is 1.21. The normalized spacial score (nSPS) is 16.3. The minimum Gasteiger partial charge on any atom is -0.354 e. The number of fused-ring (bicyclic) bond motifs is 3. The molecular formula is C40H27N11. The lowest BCUT2D eigenvalue weighted by Crippen LogP contribution is -2.50. The van der Waals surface area contributed by atoms with Crippen LogP contribution in [0.15, 0.2) is 151 Å². The van der Waals surface area contributed by atoms with Gasteiger partial charge in [0.15, 0.2) is 5.82 Å². The van der Waals surface area contributed by atoms with E-state index in [1.165, 1.54) is 0 Å². The van der Waals surface area contributed by atoms with Gasteiger partial charge in [0.25, 0.3) is 0 Å². The molecule has 11 nitrogen and oxygen atoms in total. The topological polar surface area (TPSA) is 140 Å². The molecule has 9 aromatic rings. The van der Waals surface area contributed by atoms with Crippen LogP contribution in [0.2, 0.25) is 0 Å². The number of nitrogens with zero attached hydrogens (tertiary/aromatic N) is 8. The molecule has 0 amide bonds. The maximum Gasteiger partial charge on any atom is 0.223 e. The second-order valence-electron chi connectivity index (χ2n) is 12.2. The largest absolute Gasteiger partial charge is 0.354 e. The lowest BCUT2D eigenvalue weighted by Gasteiger charge is -2.45. The number of aliphatic imine (C=N–C) groups is 1. The second kappa shape index (κ2) is 11.4. The van der Waals surface area contributed by atoms with Crippen LogP contribution in [0.5, 0.6) is 0 Å². The van der Waals surface area contributed by atoms with Gasteiger partial charge in [-0.2, -0.15) is 5.10 Å². The van der Waals surface area contributed by atoms with E-state index in [4.69, 9.17) is 24.9 Å². The highest BCUT2D eigenvalue weighted by Crippen LogP contribution is 2.50. The minimum atomic E-state index is -1.39. The van der Waals surface area contributed by atoms with Crippen molar-refractivity contribution in [1.82, 2.24) is 45.1 Å². The van der Waals surface area contributed by atoms with Gasteiger partial charge in [-0.3, -0.25) is 25.0 Å². The molecule has 0 saturated heterocycles. The average Bonchev–Trinajstić information content (AvgIpc) is 4.00. The number of hydrogen-bond donors (Lipinski definition) is 3. The van der Waals surface area contributed by atoms with Crippen LogP contribution in [-0.4, -0.2) is 50.8 Å². The van der Waals surface area contributed by atoms with Crippen LogP contribution in [0.4, 0.5) is 5.82 Å². The molecule has 51 heavy (non-hydrogen) atoms. The highest BCUT2D eigenvalue weighted by Gasteiger charge is 2.52. The van der Waals surface area contributed by atoms with Crippen LogP contribution in [0, 0.1) is 0 Å². The monoisotopic (exact) mass is 661 g/mol. The number of allylic oxidation sites excluding steroid dienone is 1. The molecule has 1 aliphatic rings. The molecule has 10 rings (SSSR count). The Balaban J connectivity index is 1.43. The zero-order valence-electron chi connectivity index (χ0n) is 26.9. The van der Waals surface area contributed by atoms with E-state index in [1.54, 1.807) is 31.0 Å². The zero-order chi connectivity index (χ0) is 33.8. The first-order valence-corrected chi connectivity index (χ1v) is 16.5. The number of H-pyrrole nitrogens is 3. The van der Waals surface area contributed by atoms with Crippen LogP contribution in [0.1, 0.15) is 28.6 Å². The molecule has 0 fully saturated rings. The van der Waals surface area contributed by atoms with Crippen molar-refractivity contribution in [3.05, 3.63) is 175 Å². The molecule has 1 atom stereocenters. The van der Waals surface area contributed by atoms with Gasteiger partial charge in [0.2, 0.25) is 5.66 Å². The van der Waals surface area contributed by atoms with Crippen LogP contribution in [-0.2, 0) is 5.66 Å². The van der Waals surface area contributed by atoms with Gasteiger partial charge in [-0.05, 0) is 53.2 Å². The summed E-state index contributed by atoms with van der Waals surface area (Å²) in [5.41, 5.74) is 5.16.